The second-order valence-electron chi connectivity index (χ2n) is 8.47. The summed E-state index contributed by atoms with van der Waals surface area (Å²) in [6.45, 7) is 19.7. The van der Waals surface area contributed by atoms with E-state index in [0.29, 0.717) is 6.61 Å². The minimum absolute atomic E-state index is 0.538. The van der Waals surface area contributed by atoms with Crippen LogP contribution < -0.4 is 4.89 Å². The van der Waals surface area contributed by atoms with Gasteiger partial charge in [0.05, 0.1) is 32.8 Å². The maximum absolute atomic E-state index is 11.5. The third-order valence-electron chi connectivity index (χ3n) is 5.44. The van der Waals surface area contributed by atoms with E-state index in [-0.39, 0.29) is 0 Å². The molecule has 0 aliphatic rings. The number of rotatable bonds is 20. The predicted octanol–water partition coefficient (Wildman–Crippen LogP) is 7.92. The minimum atomic E-state index is -2.75. The number of hydrogen-bond donors (Lipinski definition) is 0. The van der Waals surface area contributed by atoms with Gasteiger partial charge < -0.3 is 13.9 Å². The molecule has 1 unspecified atom stereocenters. The van der Waals surface area contributed by atoms with E-state index < -0.39 is 5.69 Å². The van der Waals surface area contributed by atoms with Crippen molar-refractivity contribution in [1.29, 1.82) is 0 Å². The first-order valence-electron chi connectivity index (χ1n) is 12.8. The van der Waals surface area contributed by atoms with Crippen LogP contribution in [0.4, 0.5) is 0 Å². The quantitative estimate of drug-likeness (QED) is 0.0999. The van der Waals surface area contributed by atoms with Gasteiger partial charge in [0.2, 0.25) is 0 Å². The van der Waals surface area contributed by atoms with Crippen LogP contribution in [-0.2, 0) is 16.3 Å². The zero-order chi connectivity index (χ0) is 23.1. The van der Waals surface area contributed by atoms with Crippen molar-refractivity contribution in [3.8, 4) is 0 Å². The van der Waals surface area contributed by atoms with Gasteiger partial charge >= 0.3 is 0 Å². The van der Waals surface area contributed by atoms with Gasteiger partial charge in [0.25, 0.3) is 0 Å². The van der Waals surface area contributed by atoms with Crippen molar-refractivity contribution in [2.75, 3.05) is 38.5 Å². The third kappa shape index (κ3) is 20.8. The molecule has 0 aromatic carbocycles. The van der Waals surface area contributed by atoms with Crippen LogP contribution in [0.15, 0.2) is 0 Å². The van der Waals surface area contributed by atoms with Crippen molar-refractivity contribution in [2.45, 2.75) is 119 Å². The van der Waals surface area contributed by atoms with Gasteiger partial charge in [-0.2, -0.15) is 0 Å². The lowest BCUT2D eigenvalue weighted by Crippen LogP contribution is -2.50. The molecule has 6 heteroatoms. The lowest BCUT2D eigenvalue weighted by molar-refractivity contribution is -0.929. The summed E-state index contributed by atoms with van der Waals surface area (Å²) in [6.07, 6.45) is 15.2. The third-order valence-corrected chi connectivity index (χ3v) is 9.80. The van der Waals surface area contributed by atoms with Crippen LogP contribution >= 0.6 is 17.1 Å². The lowest BCUT2D eigenvalue weighted by atomic mass is 10.1. The number of unbranched alkanes of at least 4 members (excludes halogenated alkanes) is 6. The van der Waals surface area contributed by atoms with Crippen LogP contribution in [0.1, 0.15) is 119 Å². The second-order valence-corrected chi connectivity index (χ2v) is 14.6. The fourth-order valence-corrected chi connectivity index (χ4v) is 6.79. The summed E-state index contributed by atoms with van der Waals surface area (Å²) in [4.78, 5) is 11.5. The SMILES string of the molecule is CCCCOP([O-])(=S)SCCCC.CCCC[N+](CCCC)(CCCC)CCCC. The van der Waals surface area contributed by atoms with E-state index >= 15 is 0 Å². The summed E-state index contributed by atoms with van der Waals surface area (Å²) in [5.41, 5.74) is -2.75. The molecule has 3 nitrogen and oxygen atoms in total. The van der Waals surface area contributed by atoms with Crippen LogP contribution in [0.2, 0.25) is 0 Å². The average molecular weight is 484 g/mol. The molecule has 0 amide bonds. The second kappa shape index (κ2) is 23.1. The molecule has 0 spiro atoms. The first-order valence-corrected chi connectivity index (χ1v) is 17.0. The molecule has 1 atom stereocenters. The molecule has 0 aliphatic carbocycles. The van der Waals surface area contributed by atoms with Crippen LogP contribution in [0, 0.1) is 0 Å². The van der Waals surface area contributed by atoms with E-state index in [2.05, 4.69) is 41.5 Å². The van der Waals surface area contributed by atoms with Gasteiger partial charge in [0, 0.05) is 5.69 Å². The minimum Gasteiger partial charge on any atom is -0.793 e. The smallest absolute Gasteiger partial charge is 0.0786 e. The molecule has 30 heavy (non-hydrogen) atoms. The lowest BCUT2D eigenvalue weighted by Gasteiger charge is -2.39. The summed E-state index contributed by atoms with van der Waals surface area (Å²) in [5.74, 6) is 0.851. The fourth-order valence-electron chi connectivity index (χ4n) is 3.32. The van der Waals surface area contributed by atoms with Crippen LogP contribution in [0.5, 0.6) is 0 Å². The molecular weight excluding hydrogens is 429 g/mol. The van der Waals surface area contributed by atoms with Gasteiger partial charge in [-0.05, 0) is 44.3 Å². The highest BCUT2D eigenvalue weighted by atomic mass is 32.9. The Morgan fingerprint density at radius 1 is 0.667 bits per heavy atom. The zero-order valence-corrected chi connectivity index (χ0v) is 23.8. The summed E-state index contributed by atoms with van der Waals surface area (Å²) in [5, 5.41) is 0. The van der Waals surface area contributed by atoms with Crippen molar-refractivity contribution in [3.63, 3.8) is 0 Å². The van der Waals surface area contributed by atoms with E-state index in [1.165, 1.54) is 93.4 Å². The molecule has 0 bridgehead atoms. The first kappa shape index (κ1) is 33.1. The summed E-state index contributed by atoms with van der Waals surface area (Å²) in [6, 6.07) is 0. The van der Waals surface area contributed by atoms with Gasteiger partial charge in [-0.1, -0.05) is 91.9 Å². The maximum atomic E-state index is 11.5. The molecule has 0 saturated carbocycles. The molecule has 0 aliphatic heterocycles. The fraction of sp³-hybridized carbons (Fsp3) is 1.00. The van der Waals surface area contributed by atoms with Crippen LogP contribution in [0.25, 0.3) is 0 Å². The topological polar surface area (TPSA) is 32.3 Å². The van der Waals surface area contributed by atoms with E-state index in [9.17, 15) is 4.89 Å². The molecule has 0 rings (SSSR count). The Bertz CT molecular complexity index is 346. The van der Waals surface area contributed by atoms with Gasteiger partial charge in [-0.3, -0.25) is 0 Å². The summed E-state index contributed by atoms with van der Waals surface area (Å²) in [7, 11) is 0. The maximum Gasteiger partial charge on any atom is 0.0786 e. The Hall–Kier alpha value is 0.880. The monoisotopic (exact) mass is 483 g/mol. The average Bonchev–Trinajstić information content (AvgIpc) is 2.73. The van der Waals surface area contributed by atoms with Gasteiger partial charge in [-0.25, -0.2) is 0 Å². The predicted molar refractivity (Wildman–Crippen MR) is 142 cm³/mol. The molecule has 0 N–H and O–H groups in total. The van der Waals surface area contributed by atoms with Crippen molar-refractivity contribution < 1.29 is 13.9 Å². The van der Waals surface area contributed by atoms with E-state index in [1.54, 1.807) is 0 Å². The highest BCUT2D eigenvalue weighted by Gasteiger charge is 2.24. The standard InChI is InChI=1S/C16H36N.C8H19O2PS2/c1-5-9-13-17(14-10-6-2,15-11-7-3)16-12-8-4;1-3-5-7-10-11(9,12)13-8-6-4-2/h5-16H2,1-4H3;3-8H2,1-2H3,(H,9,12)/q+1;/p-1. The normalized spacial score (nSPS) is 13.6. The van der Waals surface area contributed by atoms with E-state index in [4.69, 9.17) is 16.3 Å². The van der Waals surface area contributed by atoms with Crippen LogP contribution in [0.3, 0.4) is 0 Å². The Kier molecular flexibility index (Phi) is 25.4. The summed E-state index contributed by atoms with van der Waals surface area (Å²) < 4.78 is 6.57. The van der Waals surface area contributed by atoms with Gasteiger partial charge in [-0.15, -0.1) is 11.4 Å². The first-order chi connectivity index (χ1) is 14.4. The van der Waals surface area contributed by atoms with E-state index in [1.807, 2.05) is 0 Å². The van der Waals surface area contributed by atoms with Gasteiger partial charge in [0.1, 0.15) is 0 Å². The van der Waals surface area contributed by atoms with Crippen LogP contribution in [-0.4, -0.2) is 43.0 Å². The summed E-state index contributed by atoms with van der Waals surface area (Å²) >= 11 is 6.17. The van der Waals surface area contributed by atoms with E-state index in [0.717, 1.165) is 31.4 Å². The molecule has 0 aromatic heterocycles. The number of quaternary nitrogens is 1. The molecule has 0 fully saturated rings. The van der Waals surface area contributed by atoms with Crippen molar-refractivity contribution >= 4 is 28.9 Å². The largest absolute Gasteiger partial charge is 0.793 e. The highest BCUT2D eigenvalue weighted by molar-refractivity contribution is 8.67. The van der Waals surface area contributed by atoms with Crippen molar-refractivity contribution in [2.24, 2.45) is 0 Å². The Balaban J connectivity index is 0. The number of nitrogens with zero attached hydrogens (tertiary/aromatic N) is 1. The molecule has 0 heterocycles. The molecular formula is C24H54NO2PS2. The van der Waals surface area contributed by atoms with Crippen molar-refractivity contribution in [1.82, 2.24) is 0 Å². The van der Waals surface area contributed by atoms with Gasteiger partial charge in [0.15, 0.2) is 0 Å². The number of hydrogen-bond acceptors (Lipinski definition) is 4. The highest BCUT2D eigenvalue weighted by Crippen LogP contribution is 2.52. The Morgan fingerprint density at radius 3 is 1.37 bits per heavy atom. The molecule has 0 saturated heterocycles. The molecule has 0 radical (unpaired) electrons. The zero-order valence-electron chi connectivity index (χ0n) is 21.3. The molecule has 0 aromatic rings. The van der Waals surface area contributed by atoms with Crippen molar-refractivity contribution in [3.05, 3.63) is 0 Å². The Morgan fingerprint density at radius 2 is 1.03 bits per heavy atom. The Labute approximate surface area is 199 Å². The molecule has 184 valence electrons.